The molecule has 0 amide bonds. The number of carbonyl (C=O) groups excluding carboxylic acids is 3. The van der Waals surface area contributed by atoms with Gasteiger partial charge in [0.2, 0.25) is 0 Å². The van der Waals surface area contributed by atoms with Gasteiger partial charge in [0, 0.05) is 113 Å². The Kier molecular flexibility index (Phi) is 49.8. The number of hydrogen-bond acceptors (Lipinski definition) is 21. The van der Waals surface area contributed by atoms with Crippen LogP contribution in [0.2, 0.25) is 0 Å². The number of likely N-dealkylation sites (tertiary alicyclic amines) is 3. The van der Waals surface area contributed by atoms with Crippen LogP contribution in [0.5, 0.6) is 74.7 Å². The Balaban J connectivity index is 0.000000170. The summed E-state index contributed by atoms with van der Waals surface area (Å²) in [6.07, 6.45) is 21.0. The number of carbonyl (C=O) groups is 3. The van der Waals surface area contributed by atoms with Gasteiger partial charge >= 0.3 is 20.4 Å². The molecule has 26 heteroatoms. The minimum atomic E-state index is 0. The molecule has 0 saturated carbocycles. The molecule has 3 saturated heterocycles. The predicted octanol–water partition coefficient (Wildman–Crippen LogP) is 26.0. The molecule has 20 rings (SSSR count). The predicted molar refractivity (Wildman–Crippen MR) is 603 cm³/mol. The van der Waals surface area contributed by atoms with Gasteiger partial charge in [-0.3, -0.25) is 29.1 Å². The average Bonchev–Trinajstić information content (AvgIpc) is 0.912. The summed E-state index contributed by atoms with van der Waals surface area (Å²) in [6, 6.07) is 84.8. The number of phenolic OH excluding ortho intramolecular Hbond substituents is 1. The molecule has 3 heterocycles. The van der Waals surface area contributed by atoms with Gasteiger partial charge in [-0.25, -0.2) is 0 Å². The van der Waals surface area contributed by atoms with Gasteiger partial charge in [-0.15, -0.1) is 0 Å². The molecule has 0 aromatic heterocycles. The van der Waals surface area contributed by atoms with E-state index in [-0.39, 0.29) is 38.1 Å². The fourth-order valence-corrected chi connectivity index (χ4v) is 20.2. The molecule has 0 spiro atoms. The molecule has 21 nitrogen and oxygen atoms in total. The number of aromatic hydroxyl groups is 1. The zero-order valence-corrected chi connectivity index (χ0v) is 92.3. The number of ketones is 3. The summed E-state index contributed by atoms with van der Waals surface area (Å²) in [5, 5.41) is 18.3. The van der Waals surface area contributed by atoms with Crippen LogP contribution in [0.4, 0.5) is 0 Å². The number of ether oxygens (including phenoxy) is 12. The zero-order chi connectivity index (χ0) is 104. The van der Waals surface area contributed by atoms with Crippen molar-refractivity contribution in [3.8, 4) is 74.7 Å². The summed E-state index contributed by atoms with van der Waals surface area (Å²) >= 11 is 12.3. The summed E-state index contributed by atoms with van der Waals surface area (Å²) in [6.45, 7) is 16.1. The van der Waals surface area contributed by atoms with E-state index in [2.05, 4.69) is 166 Å². The van der Waals surface area contributed by atoms with Crippen LogP contribution in [-0.2, 0) is 57.3 Å². The van der Waals surface area contributed by atoms with E-state index in [9.17, 15) is 19.5 Å². The monoisotopic (exact) mass is 2210 g/mol. The van der Waals surface area contributed by atoms with Crippen LogP contribution in [0.15, 0.2) is 270 Å². The van der Waals surface area contributed by atoms with Crippen molar-refractivity contribution in [1.82, 2.24) is 14.7 Å². The molecule has 148 heavy (non-hydrogen) atoms. The second kappa shape index (κ2) is 63.3. The van der Waals surface area contributed by atoms with Crippen molar-refractivity contribution in [2.45, 2.75) is 154 Å². The van der Waals surface area contributed by atoms with E-state index in [0.717, 1.165) is 198 Å². The van der Waals surface area contributed by atoms with Crippen molar-refractivity contribution in [2.75, 3.05) is 128 Å². The van der Waals surface area contributed by atoms with Gasteiger partial charge in [0.05, 0.1) is 42.7 Å². The molecule has 8 aliphatic rings. The molecule has 3 aliphatic heterocycles. The van der Waals surface area contributed by atoms with Crippen molar-refractivity contribution in [3.63, 3.8) is 0 Å². The van der Waals surface area contributed by atoms with Gasteiger partial charge in [0.25, 0.3) is 0 Å². The Labute approximate surface area is 910 Å². The maximum atomic E-state index is 12.0. The van der Waals surface area contributed by atoms with Crippen LogP contribution >= 0.6 is 47.8 Å². The summed E-state index contributed by atoms with van der Waals surface area (Å²) in [7, 11) is 9.76. The van der Waals surface area contributed by atoms with E-state index >= 15 is 0 Å². The molecular weight excluding hydrogens is 2070 g/mol. The van der Waals surface area contributed by atoms with E-state index in [0.29, 0.717) is 73.4 Å². The number of phenols is 1. The SMILES string of the molecule is BrCc1ccccc1.Brc1ccc(OCCN2CCCC2)cc1.CCO.COc1ccc2c(c1O)CCCC2=O.COc1ccc2c(c1OC)CCCC2=O.COc1ccc2c(c1OCc1ccccc1)CCC(Br)=C2c1ccc(OCCN2CCCC2)cc1.COc1ccc2c(c1OCc1ccccc1)CCC=C2c1ccc(OCCN2CCCC2)cc1.COc1ccc2c(c1OCc1ccccc1)CCCC2=O.[B].[NH]=[Al]. The molecular formula is C122H139AlBBr3N4O17. The molecule has 0 unspecified atom stereocenters. The number of nitrogens with one attached hydrogen (secondary N) is 1. The summed E-state index contributed by atoms with van der Waals surface area (Å²) < 4.78 is 76.6. The first-order valence-electron chi connectivity index (χ1n) is 51.0. The van der Waals surface area contributed by atoms with E-state index in [1.54, 1.807) is 76.8 Å². The third-order valence-corrected chi connectivity index (χ3v) is 28.4. The third-order valence-electron chi connectivity index (χ3n) is 26.4. The van der Waals surface area contributed by atoms with Crippen LogP contribution in [0.1, 0.15) is 200 Å². The van der Waals surface area contributed by atoms with Crippen molar-refractivity contribution >= 4 is 101 Å². The Hall–Kier alpha value is -11.8. The minimum absolute atomic E-state index is 0. The number of allylic oxidation sites excluding steroid dienone is 2. The van der Waals surface area contributed by atoms with Crippen molar-refractivity contribution in [2.24, 2.45) is 0 Å². The van der Waals surface area contributed by atoms with Crippen molar-refractivity contribution < 1.29 is 81.4 Å². The molecule has 3 fully saturated rings. The van der Waals surface area contributed by atoms with Gasteiger partial charge in [-0.1, -0.05) is 212 Å². The Morgan fingerprint density at radius 3 is 1.02 bits per heavy atom. The number of aliphatic hydroxyl groups is 1. The molecule has 0 bridgehead atoms. The van der Waals surface area contributed by atoms with Gasteiger partial charge in [0.1, 0.15) is 56.9 Å². The van der Waals surface area contributed by atoms with E-state index in [1.807, 2.05) is 140 Å². The van der Waals surface area contributed by atoms with E-state index in [1.165, 1.54) is 139 Å². The molecule has 0 atom stereocenters. The first-order chi connectivity index (χ1) is 72.0. The second-order valence-electron chi connectivity index (χ2n) is 36.1. The van der Waals surface area contributed by atoms with Gasteiger partial charge < -0.3 is 67.1 Å². The number of aliphatic hydroxyl groups excluding tert-OH is 1. The third kappa shape index (κ3) is 34.1. The van der Waals surface area contributed by atoms with Gasteiger partial charge in [0.15, 0.2) is 74.8 Å². The fraction of sp³-hybridized carbons (Fsp3) is 0.352. The topological polar surface area (TPSA) is 236 Å². The number of benzene rings is 12. The molecule has 3 N–H and O–H groups in total. The summed E-state index contributed by atoms with van der Waals surface area (Å²) in [5.41, 5.74) is 19.3. The number of alkyl halides is 1. The number of hydrogen-bond donors (Lipinski definition) is 3. The molecule has 4 radical (unpaired) electrons. The average molecular weight is 2210 g/mol. The molecule has 776 valence electrons. The Morgan fingerprint density at radius 1 is 0.331 bits per heavy atom. The van der Waals surface area contributed by atoms with Crippen LogP contribution in [0.3, 0.4) is 0 Å². The van der Waals surface area contributed by atoms with E-state index < -0.39 is 0 Å². The molecule has 12 aromatic rings. The zero-order valence-electron chi connectivity index (χ0n) is 86.4. The van der Waals surface area contributed by atoms with Gasteiger partial charge in [-0.2, -0.15) is 0 Å². The number of nitrogens with zero attached hydrogens (tertiary/aromatic N) is 3. The Morgan fingerprint density at radius 2 is 0.649 bits per heavy atom. The number of rotatable bonds is 30. The van der Waals surface area contributed by atoms with Crippen molar-refractivity contribution in [1.29, 1.82) is 4.35 Å². The van der Waals surface area contributed by atoms with Crippen LogP contribution in [0.25, 0.3) is 11.1 Å². The second-order valence-corrected chi connectivity index (χ2v) is 38.5. The van der Waals surface area contributed by atoms with Crippen molar-refractivity contribution in [3.05, 3.63) is 359 Å². The fourth-order valence-electron chi connectivity index (χ4n) is 18.9. The first kappa shape index (κ1) is 116. The first-order valence-corrected chi connectivity index (χ1v) is 54.3. The quantitative estimate of drug-likeness (QED) is 0.0280. The van der Waals surface area contributed by atoms with Crippen LogP contribution < -0.4 is 56.8 Å². The normalized spacial score (nSPS) is 14.5. The van der Waals surface area contributed by atoms with E-state index in [4.69, 9.17) is 66.3 Å². The molecule has 5 aliphatic carbocycles. The number of methoxy groups -OCH3 is 6. The number of fused-ring (bicyclic) bond motifs is 5. The van der Waals surface area contributed by atoms with Gasteiger partial charge in [-0.05, 0) is 302 Å². The van der Waals surface area contributed by atoms with Crippen LogP contribution in [-0.4, -0.2) is 195 Å². The Bertz CT molecular complexity index is 6180. The van der Waals surface area contributed by atoms with Crippen LogP contribution in [0, 0.1) is 4.35 Å². The standard InChI is InChI=1S/C30H32BrNO3.C30H33NO3.C18H18O3.C12H16BrNO.C12H14O3.C11H12O3.C7H7Br.C2H6O.Al.B.HN/c1-33-28-16-14-25-26(30(28)35-21-22-7-3-2-4-8-22)13-15-27(31)29(25)23-9-11-24(12-10-23)34-20-19-32-17-5-6-18-32;1-32-29-17-16-27-26(10-7-11-28(27)30(29)34-22-23-8-3-2-4-9-23)24-12-14-25(15-13-24)33-21-20-31-18-5-6-19-31;1-20-17-11-10-14-15(8-5-9-16(14)19)18(17)21-12-13-6-3-2-4-7-13;13-11-3-5-12(6-4-11)15-10-9-14-7-1-2-8-14;1-14-11-7-6-8-9(12(11)15-2)4-3-5-10(8)13;1-14-10-6-5-7-8(11(10)13)3-2-4-9(7)12;8-6-7-4-2-1-3-5-7;1-2-3;;;/h2-4,7-12,14,16H,5-6,13,15,17-21H2,1H3;2-4,8-10,12-17H,5-7,11,18-22H2,1H3;2-4,6-7,10-11H,5,8-9,12H2,1H3;3-6H,1-2,7-10H2;6-7H,3-5H2,1-2H3;5-6,13H,2-4H2,1H3;1-5H,6H2;3H,2H2,1H3;;;1H. The summed E-state index contributed by atoms with van der Waals surface area (Å²) in [5.74, 6) is 9.98. The number of halogens is 3. The molecule has 12 aromatic carbocycles. The summed E-state index contributed by atoms with van der Waals surface area (Å²) in [4.78, 5) is 42.6. The number of Topliss-reactive ketones (excluding diaryl/α,β-unsaturated/α-hetero) is 3. The maximum absolute atomic E-state index is 12.0.